The third-order valence-electron chi connectivity index (χ3n) is 5.15. The fourth-order valence-electron chi connectivity index (χ4n) is 3.92. The van der Waals surface area contributed by atoms with Crippen LogP contribution in [0, 0.1) is 6.92 Å². The second-order valence-corrected chi connectivity index (χ2v) is 7.70. The van der Waals surface area contributed by atoms with E-state index in [1.54, 1.807) is 11.3 Å². The number of aromatic nitrogens is 5. The summed E-state index contributed by atoms with van der Waals surface area (Å²) in [5, 5.41) is 5.55. The van der Waals surface area contributed by atoms with Crippen LogP contribution in [0.25, 0.3) is 21.4 Å². The van der Waals surface area contributed by atoms with Crippen LogP contribution < -0.4 is 4.90 Å². The van der Waals surface area contributed by atoms with Gasteiger partial charge in [0, 0.05) is 20.6 Å². The van der Waals surface area contributed by atoms with Gasteiger partial charge in [-0.05, 0) is 31.9 Å². The monoisotopic (exact) mass is 352 g/mol. The molecule has 0 aliphatic carbocycles. The first-order valence-corrected chi connectivity index (χ1v) is 9.43. The molecule has 3 aromatic heterocycles. The molecule has 1 saturated heterocycles. The minimum absolute atomic E-state index is 0.284. The van der Waals surface area contributed by atoms with Crippen LogP contribution in [0.2, 0.25) is 0 Å². The Hall–Kier alpha value is -2.41. The average Bonchev–Trinajstić information content (AvgIpc) is 3.34. The molecule has 1 aliphatic rings. The van der Waals surface area contributed by atoms with Gasteiger partial charge >= 0.3 is 0 Å². The fourth-order valence-corrected chi connectivity index (χ4v) is 5.03. The van der Waals surface area contributed by atoms with Gasteiger partial charge in [-0.25, -0.2) is 14.6 Å². The number of para-hydroxylation sites is 2. The van der Waals surface area contributed by atoms with Gasteiger partial charge in [-0.3, -0.25) is 0 Å². The van der Waals surface area contributed by atoms with Crippen molar-refractivity contribution in [3.63, 3.8) is 0 Å². The summed E-state index contributed by atoms with van der Waals surface area (Å²) in [6.45, 7) is 3.08. The largest absolute Gasteiger partial charge is 0.338 e. The number of thiazole rings is 1. The Labute approximate surface area is 149 Å². The predicted molar refractivity (Wildman–Crippen MR) is 101 cm³/mol. The topological polar surface area (TPSA) is 51.8 Å². The summed E-state index contributed by atoms with van der Waals surface area (Å²) in [4.78, 5) is 12.2. The maximum Gasteiger partial charge on any atom is 0.188 e. The normalized spacial score (nSPS) is 18.0. The molecule has 0 spiro atoms. The zero-order valence-electron chi connectivity index (χ0n) is 14.6. The van der Waals surface area contributed by atoms with Crippen LogP contribution in [0.3, 0.4) is 0 Å². The lowest BCUT2D eigenvalue weighted by atomic mass is 10.2. The number of fused-ring (bicyclic) bond motifs is 2. The highest BCUT2D eigenvalue weighted by Gasteiger charge is 2.32. The zero-order chi connectivity index (χ0) is 17.1. The lowest BCUT2D eigenvalue weighted by Crippen LogP contribution is -2.24. The molecule has 4 aromatic rings. The Bertz CT molecular complexity index is 1050. The molecule has 1 atom stereocenters. The van der Waals surface area contributed by atoms with E-state index in [9.17, 15) is 0 Å². The number of hydrogen-bond acceptors (Lipinski definition) is 5. The highest BCUT2D eigenvalue weighted by Crippen LogP contribution is 2.40. The van der Waals surface area contributed by atoms with Crippen molar-refractivity contribution in [2.75, 3.05) is 11.4 Å². The van der Waals surface area contributed by atoms with Gasteiger partial charge in [-0.1, -0.05) is 23.5 Å². The third kappa shape index (κ3) is 2.12. The maximum absolute atomic E-state index is 4.93. The first kappa shape index (κ1) is 14.9. The van der Waals surface area contributed by atoms with Crippen LogP contribution >= 0.6 is 11.3 Å². The van der Waals surface area contributed by atoms with Gasteiger partial charge in [-0.2, -0.15) is 5.10 Å². The minimum Gasteiger partial charge on any atom is -0.338 e. The SMILES string of the molecule is Cc1nn(C)c2nc(N3CCC[C@H]3c3nc4ccccc4n3C)sc12. The molecule has 0 N–H and O–H groups in total. The summed E-state index contributed by atoms with van der Waals surface area (Å²) in [5.74, 6) is 1.13. The Morgan fingerprint density at radius 1 is 1.16 bits per heavy atom. The molecule has 1 aliphatic heterocycles. The summed E-state index contributed by atoms with van der Waals surface area (Å²) in [6.07, 6.45) is 2.28. The molecule has 5 rings (SSSR count). The first-order valence-electron chi connectivity index (χ1n) is 8.61. The Morgan fingerprint density at radius 3 is 2.80 bits per heavy atom. The van der Waals surface area contributed by atoms with E-state index in [0.717, 1.165) is 40.8 Å². The van der Waals surface area contributed by atoms with Crippen LogP contribution in [0.4, 0.5) is 5.13 Å². The van der Waals surface area contributed by atoms with E-state index in [-0.39, 0.29) is 6.04 Å². The minimum atomic E-state index is 0.284. The van der Waals surface area contributed by atoms with E-state index >= 15 is 0 Å². The summed E-state index contributed by atoms with van der Waals surface area (Å²) in [5.41, 5.74) is 4.29. The summed E-state index contributed by atoms with van der Waals surface area (Å²) < 4.78 is 5.30. The van der Waals surface area contributed by atoms with E-state index in [1.807, 2.05) is 11.7 Å². The molecular formula is C18H20N6S. The molecule has 0 amide bonds. The van der Waals surface area contributed by atoms with Crippen molar-refractivity contribution in [3.05, 3.63) is 35.8 Å². The number of nitrogens with zero attached hydrogens (tertiary/aromatic N) is 6. The Kier molecular flexibility index (Phi) is 3.15. The molecule has 4 heterocycles. The summed E-state index contributed by atoms with van der Waals surface area (Å²) >= 11 is 1.75. The van der Waals surface area contributed by atoms with Crippen LogP contribution in [0.15, 0.2) is 24.3 Å². The molecule has 25 heavy (non-hydrogen) atoms. The van der Waals surface area contributed by atoms with E-state index < -0.39 is 0 Å². The number of hydrogen-bond donors (Lipinski definition) is 0. The zero-order valence-corrected chi connectivity index (χ0v) is 15.4. The van der Waals surface area contributed by atoms with E-state index in [0.29, 0.717) is 0 Å². The molecule has 0 unspecified atom stereocenters. The van der Waals surface area contributed by atoms with Crippen molar-refractivity contribution in [2.45, 2.75) is 25.8 Å². The average molecular weight is 352 g/mol. The van der Waals surface area contributed by atoms with Gasteiger partial charge in [0.05, 0.1) is 27.5 Å². The van der Waals surface area contributed by atoms with Crippen molar-refractivity contribution in [1.29, 1.82) is 0 Å². The number of imidazole rings is 1. The van der Waals surface area contributed by atoms with Crippen molar-refractivity contribution in [3.8, 4) is 0 Å². The number of aryl methyl sites for hydroxylation is 3. The fraction of sp³-hybridized carbons (Fsp3) is 0.389. The van der Waals surface area contributed by atoms with Gasteiger partial charge < -0.3 is 9.47 Å². The number of rotatable bonds is 2. The Morgan fingerprint density at radius 2 is 2.00 bits per heavy atom. The van der Waals surface area contributed by atoms with Crippen molar-refractivity contribution in [2.24, 2.45) is 14.1 Å². The van der Waals surface area contributed by atoms with E-state index in [2.05, 4.69) is 52.8 Å². The van der Waals surface area contributed by atoms with Crippen LogP contribution in [-0.2, 0) is 14.1 Å². The standard InChI is InChI=1S/C18H20N6S/c1-11-15-17(23(3)21-11)20-18(25-15)24-10-6-9-14(24)16-19-12-7-4-5-8-13(12)22(16)2/h4-5,7-8,14H,6,9-10H2,1-3H3/t14-/m0/s1. The third-order valence-corrected chi connectivity index (χ3v) is 6.34. The molecule has 6 nitrogen and oxygen atoms in total. The van der Waals surface area contributed by atoms with Crippen LogP contribution in [0.1, 0.15) is 30.4 Å². The molecule has 7 heteroatoms. The van der Waals surface area contributed by atoms with Gasteiger partial charge in [-0.15, -0.1) is 0 Å². The highest BCUT2D eigenvalue weighted by atomic mass is 32.1. The van der Waals surface area contributed by atoms with E-state index in [1.165, 1.54) is 16.6 Å². The second kappa shape index (κ2) is 5.29. The van der Waals surface area contributed by atoms with Gasteiger partial charge in [0.1, 0.15) is 5.82 Å². The Balaban J connectivity index is 1.60. The van der Waals surface area contributed by atoms with Gasteiger partial charge in [0.15, 0.2) is 10.8 Å². The highest BCUT2D eigenvalue weighted by molar-refractivity contribution is 7.22. The molecular weight excluding hydrogens is 332 g/mol. The lowest BCUT2D eigenvalue weighted by Gasteiger charge is -2.23. The van der Waals surface area contributed by atoms with Crippen molar-refractivity contribution in [1.82, 2.24) is 24.3 Å². The van der Waals surface area contributed by atoms with Gasteiger partial charge in [0.2, 0.25) is 0 Å². The lowest BCUT2D eigenvalue weighted by molar-refractivity contribution is 0.637. The molecule has 0 radical (unpaired) electrons. The summed E-state index contributed by atoms with van der Waals surface area (Å²) in [7, 11) is 4.08. The smallest absolute Gasteiger partial charge is 0.188 e. The first-order chi connectivity index (χ1) is 12.1. The molecule has 1 aromatic carbocycles. The second-order valence-electron chi connectivity index (χ2n) is 6.73. The quantitative estimate of drug-likeness (QED) is 0.553. The summed E-state index contributed by atoms with van der Waals surface area (Å²) in [6, 6.07) is 8.63. The number of anilines is 1. The van der Waals surface area contributed by atoms with Gasteiger partial charge in [0.25, 0.3) is 0 Å². The van der Waals surface area contributed by atoms with E-state index in [4.69, 9.17) is 9.97 Å². The molecule has 1 fully saturated rings. The maximum atomic E-state index is 4.93. The van der Waals surface area contributed by atoms with Crippen molar-refractivity contribution < 1.29 is 0 Å². The predicted octanol–water partition coefficient (Wildman–Crippen LogP) is 3.57. The molecule has 0 saturated carbocycles. The molecule has 0 bridgehead atoms. The van der Waals surface area contributed by atoms with Crippen LogP contribution in [0.5, 0.6) is 0 Å². The number of benzene rings is 1. The van der Waals surface area contributed by atoms with Crippen molar-refractivity contribution >= 4 is 37.8 Å². The molecule has 128 valence electrons. The van der Waals surface area contributed by atoms with Crippen LogP contribution in [-0.4, -0.2) is 30.9 Å².